The van der Waals surface area contributed by atoms with Gasteiger partial charge in [-0.05, 0) is 36.4 Å². The lowest BCUT2D eigenvalue weighted by molar-refractivity contribution is 0.328. The van der Waals surface area contributed by atoms with E-state index in [1.165, 1.54) is 24.4 Å². The molecule has 1 aromatic carbocycles. The highest BCUT2D eigenvalue weighted by Crippen LogP contribution is 2.19. The maximum atomic E-state index is 13.5. The number of nitrogens with two attached hydrogens (primary N) is 1. The van der Waals surface area contributed by atoms with Gasteiger partial charge in [0, 0.05) is 18.4 Å². The largest absolute Gasteiger partial charge is 0.492 e. The van der Waals surface area contributed by atoms with Crippen molar-refractivity contribution >= 4 is 15.7 Å². The summed E-state index contributed by atoms with van der Waals surface area (Å²) in [6.45, 7) is 0.748. The highest BCUT2D eigenvalue weighted by Gasteiger charge is 2.20. The second-order valence-corrected chi connectivity index (χ2v) is 5.66. The van der Waals surface area contributed by atoms with E-state index >= 15 is 0 Å². The molecule has 2 aromatic rings. The molecular weight excluding hydrogens is 297 g/mol. The van der Waals surface area contributed by atoms with Gasteiger partial charge in [0.2, 0.25) is 5.03 Å². The summed E-state index contributed by atoms with van der Waals surface area (Å²) >= 11 is 0. The van der Waals surface area contributed by atoms with Gasteiger partial charge in [-0.25, -0.2) is 9.37 Å². The third-order valence-corrected chi connectivity index (χ3v) is 3.79. The van der Waals surface area contributed by atoms with Gasteiger partial charge >= 0.3 is 0 Å². The van der Waals surface area contributed by atoms with Crippen LogP contribution in [-0.2, 0) is 10.0 Å². The summed E-state index contributed by atoms with van der Waals surface area (Å²) in [5.74, 6) is -0.347. The Bertz CT molecular complexity index is 705. The van der Waals surface area contributed by atoms with Crippen molar-refractivity contribution < 1.29 is 17.5 Å². The minimum Gasteiger partial charge on any atom is -0.492 e. The van der Waals surface area contributed by atoms with Gasteiger partial charge in [-0.1, -0.05) is 0 Å². The van der Waals surface area contributed by atoms with Crippen LogP contribution in [0.15, 0.2) is 47.6 Å². The topological polar surface area (TPSA) is 94.3 Å². The van der Waals surface area contributed by atoms with Crippen LogP contribution in [0.4, 0.5) is 10.1 Å². The first kappa shape index (κ1) is 15.2. The molecule has 0 bridgehead atoms. The molecular formula is C13H14FN3O3S. The zero-order valence-electron chi connectivity index (χ0n) is 11.0. The summed E-state index contributed by atoms with van der Waals surface area (Å²) in [5.41, 5.74) is 5.59. The average molecular weight is 311 g/mol. The predicted octanol–water partition coefficient (Wildman–Crippen LogP) is 1.36. The molecule has 3 N–H and O–H groups in total. The van der Waals surface area contributed by atoms with Crippen molar-refractivity contribution in [2.45, 2.75) is 5.03 Å². The SMILES string of the molecule is NCCOc1ccc(NS(=O)(=O)c2ncccc2F)cc1. The van der Waals surface area contributed by atoms with E-state index in [4.69, 9.17) is 10.5 Å². The van der Waals surface area contributed by atoms with Gasteiger partial charge in [-0.15, -0.1) is 0 Å². The Hall–Kier alpha value is -2.19. The number of hydrogen-bond donors (Lipinski definition) is 2. The van der Waals surface area contributed by atoms with E-state index in [9.17, 15) is 12.8 Å². The van der Waals surface area contributed by atoms with Crippen molar-refractivity contribution in [2.24, 2.45) is 5.73 Å². The van der Waals surface area contributed by atoms with E-state index in [2.05, 4.69) is 9.71 Å². The van der Waals surface area contributed by atoms with Gasteiger partial charge in [0.05, 0.1) is 0 Å². The summed E-state index contributed by atoms with van der Waals surface area (Å²) in [6.07, 6.45) is 1.21. The van der Waals surface area contributed by atoms with E-state index in [0.717, 1.165) is 6.07 Å². The molecule has 0 aliphatic heterocycles. The monoisotopic (exact) mass is 311 g/mol. The maximum absolute atomic E-state index is 13.5. The number of benzene rings is 1. The van der Waals surface area contributed by atoms with Crippen LogP contribution in [0.2, 0.25) is 0 Å². The van der Waals surface area contributed by atoms with Crippen molar-refractivity contribution in [3.05, 3.63) is 48.4 Å². The Labute approximate surface area is 121 Å². The quantitative estimate of drug-likeness (QED) is 0.840. The van der Waals surface area contributed by atoms with E-state index in [1.54, 1.807) is 12.1 Å². The lowest BCUT2D eigenvalue weighted by Crippen LogP contribution is -2.16. The van der Waals surface area contributed by atoms with E-state index in [-0.39, 0.29) is 5.69 Å². The Balaban J connectivity index is 2.16. The molecule has 0 saturated heterocycles. The molecule has 0 fully saturated rings. The van der Waals surface area contributed by atoms with Crippen molar-refractivity contribution in [1.29, 1.82) is 0 Å². The molecule has 0 unspecified atom stereocenters. The molecule has 0 amide bonds. The van der Waals surface area contributed by atoms with Gasteiger partial charge in [0.25, 0.3) is 10.0 Å². The summed E-state index contributed by atoms with van der Waals surface area (Å²) < 4.78 is 45.0. The van der Waals surface area contributed by atoms with Crippen LogP contribution in [0, 0.1) is 5.82 Å². The first-order valence-electron chi connectivity index (χ1n) is 6.09. The number of nitrogens with zero attached hydrogens (tertiary/aromatic N) is 1. The molecule has 6 nitrogen and oxygen atoms in total. The van der Waals surface area contributed by atoms with Gasteiger partial charge in [0.15, 0.2) is 5.82 Å². The molecule has 0 spiro atoms. The minimum atomic E-state index is -4.07. The summed E-state index contributed by atoms with van der Waals surface area (Å²) in [5, 5.41) is -0.645. The zero-order chi connectivity index (χ0) is 15.3. The number of rotatable bonds is 6. The van der Waals surface area contributed by atoms with Crippen LogP contribution < -0.4 is 15.2 Å². The fourth-order valence-corrected chi connectivity index (χ4v) is 2.64. The zero-order valence-corrected chi connectivity index (χ0v) is 11.8. The fraction of sp³-hybridized carbons (Fsp3) is 0.154. The van der Waals surface area contributed by atoms with E-state index in [0.29, 0.717) is 18.9 Å². The minimum absolute atomic E-state index is 0.278. The molecule has 2 rings (SSSR count). The number of aromatic nitrogens is 1. The molecule has 0 aliphatic carbocycles. The molecule has 1 heterocycles. The normalized spacial score (nSPS) is 11.1. The van der Waals surface area contributed by atoms with Crippen molar-refractivity contribution in [2.75, 3.05) is 17.9 Å². The Morgan fingerprint density at radius 1 is 1.24 bits per heavy atom. The molecule has 1 aromatic heterocycles. The van der Waals surface area contributed by atoms with Crippen molar-refractivity contribution in [3.63, 3.8) is 0 Å². The molecule has 8 heteroatoms. The fourth-order valence-electron chi connectivity index (χ4n) is 1.57. The highest BCUT2D eigenvalue weighted by molar-refractivity contribution is 7.92. The molecule has 0 radical (unpaired) electrons. The Morgan fingerprint density at radius 3 is 2.57 bits per heavy atom. The smallest absolute Gasteiger partial charge is 0.282 e. The summed E-state index contributed by atoms with van der Waals surface area (Å²) in [7, 11) is -4.07. The van der Waals surface area contributed by atoms with Crippen LogP contribution in [0.3, 0.4) is 0 Å². The lowest BCUT2D eigenvalue weighted by Gasteiger charge is -2.09. The highest BCUT2D eigenvalue weighted by atomic mass is 32.2. The first-order chi connectivity index (χ1) is 10.0. The third-order valence-electron chi connectivity index (χ3n) is 2.47. The summed E-state index contributed by atoms with van der Waals surface area (Å²) in [4.78, 5) is 3.54. The van der Waals surface area contributed by atoms with Gasteiger partial charge < -0.3 is 10.5 Å². The van der Waals surface area contributed by atoms with Crippen molar-refractivity contribution in [3.8, 4) is 5.75 Å². The van der Waals surface area contributed by atoms with Gasteiger partial charge in [0.1, 0.15) is 12.4 Å². The predicted molar refractivity (Wildman–Crippen MR) is 76.0 cm³/mol. The average Bonchev–Trinajstić information content (AvgIpc) is 2.46. The standard InChI is InChI=1S/C13H14FN3O3S/c14-12-2-1-8-16-13(12)21(18,19)17-10-3-5-11(6-4-10)20-9-7-15/h1-6,8,17H,7,9,15H2. The molecule has 112 valence electrons. The number of nitrogens with one attached hydrogen (secondary N) is 1. The maximum Gasteiger partial charge on any atom is 0.282 e. The molecule has 0 saturated carbocycles. The van der Waals surface area contributed by atoms with Crippen LogP contribution in [0.1, 0.15) is 0 Å². The third kappa shape index (κ3) is 3.89. The van der Waals surface area contributed by atoms with Gasteiger partial charge in [-0.3, -0.25) is 4.72 Å². The van der Waals surface area contributed by atoms with E-state index < -0.39 is 20.9 Å². The second-order valence-electron chi connectivity index (χ2n) is 4.06. The number of pyridine rings is 1. The van der Waals surface area contributed by atoms with Crippen LogP contribution >= 0.6 is 0 Å². The number of ether oxygens (including phenoxy) is 1. The van der Waals surface area contributed by atoms with Gasteiger partial charge in [-0.2, -0.15) is 8.42 Å². The number of halogens is 1. The summed E-state index contributed by atoms with van der Waals surface area (Å²) in [6, 6.07) is 8.53. The lowest BCUT2D eigenvalue weighted by atomic mass is 10.3. The number of anilines is 1. The Morgan fingerprint density at radius 2 is 1.95 bits per heavy atom. The van der Waals surface area contributed by atoms with Crippen LogP contribution in [-0.4, -0.2) is 26.6 Å². The van der Waals surface area contributed by atoms with Crippen LogP contribution in [0.5, 0.6) is 5.75 Å². The number of sulfonamides is 1. The molecule has 21 heavy (non-hydrogen) atoms. The van der Waals surface area contributed by atoms with E-state index in [1.807, 2.05) is 0 Å². The Kier molecular flexibility index (Phi) is 4.71. The second kappa shape index (κ2) is 6.51. The first-order valence-corrected chi connectivity index (χ1v) is 7.57. The number of hydrogen-bond acceptors (Lipinski definition) is 5. The molecule has 0 aliphatic rings. The molecule has 0 atom stereocenters. The van der Waals surface area contributed by atoms with Crippen molar-refractivity contribution in [1.82, 2.24) is 4.98 Å². The van der Waals surface area contributed by atoms with Crippen LogP contribution in [0.25, 0.3) is 0 Å².